The van der Waals surface area contributed by atoms with Crippen LogP contribution < -0.4 is 15.8 Å². The maximum atomic E-state index is 8.90. The van der Waals surface area contributed by atoms with E-state index in [4.69, 9.17) is 20.5 Å². The van der Waals surface area contributed by atoms with Crippen molar-refractivity contribution in [3.05, 3.63) is 4.88 Å². The number of thiophene rings is 1. The van der Waals surface area contributed by atoms with Gasteiger partial charge < -0.3 is 20.5 Å². The average molecular weight is 253 g/mol. The van der Waals surface area contributed by atoms with E-state index in [2.05, 4.69) is 11.4 Å². The van der Waals surface area contributed by atoms with E-state index in [0.717, 1.165) is 31.0 Å². The van der Waals surface area contributed by atoms with E-state index in [9.17, 15) is 0 Å². The molecule has 1 aromatic rings. The van der Waals surface area contributed by atoms with Gasteiger partial charge in [0.2, 0.25) is 0 Å². The molecule has 1 unspecified atom stereocenters. The third-order valence-electron chi connectivity index (χ3n) is 2.72. The second-order valence-electron chi connectivity index (χ2n) is 3.83. The summed E-state index contributed by atoms with van der Waals surface area (Å²) in [6.07, 6.45) is 2.43. The minimum atomic E-state index is 0.244. The highest BCUT2D eigenvalue weighted by Crippen LogP contribution is 2.41. The van der Waals surface area contributed by atoms with Gasteiger partial charge in [0.15, 0.2) is 5.75 Å². The van der Waals surface area contributed by atoms with E-state index in [1.807, 2.05) is 0 Å². The largest absolute Gasteiger partial charge is 0.492 e. The number of methoxy groups -OCH3 is 1. The molecule has 1 atom stereocenters. The number of nitrogen functional groups attached to an aromatic ring is 1. The maximum Gasteiger partial charge on any atom is 0.177 e. The van der Waals surface area contributed by atoms with Crippen LogP contribution in [0.2, 0.25) is 0 Å². The van der Waals surface area contributed by atoms with Gasteiger partial charge in [-0.2, -0.15) is 5.26 Å². The van der Waals surface area contributed by atoms with Crippen LogP contribution in [0.25, 0.3) is 0 Å². The number of ether oxygens (including phenoxy) is 2. The highest BCUT2D eigenvalue weighted by atomic mass is 32.1. The van der Waals surface area contributed by atoms with Crippen LogP contribution in [-0.2, 0) is 4.74 Å². The minimum absolute atomic E-state index is 0.244. The molecule has 0 saturated carbocycles. The van der Waals surface area contributed by atoms with E-state index in [1.54, 1.807) is 7.11 Å². The fraction of sp³-hybridized carbons (Fsp3) is 0.545. The van der Waals surface area contributed by atoms with Crippen molar-refractivity contribution in [1.82, 2.24) is 0 Å². The monoisotopic (exact) mass is 253 g/mol. The van der Waals surface area contributed by atoms with Crippen molar-refractivity contribution >= 4 is 22.0 Å². The first kappa shape index (κ1) is 12.0. The van der Waals surface area contributed by atoms with Crippen molar-refractivity contribution in [2.75, 3.05) is 31.3 Å². The van der Waals surface area contributed by atoms with Gasteiger partial charge in [-0.05, 0) is 12.8 Å². The van der Waals surface area contributed by atoms with Crippen molar-refractivity contribution in [2.45, 2.75) is 18.9 Å². The summed E-state index contributed by atoms with van der Waals surface area (Å²) in [5.41, 5.74) is 6.21. The molecule has 6 heteroatoms. The lowest BCUT2D eigenvalue weighted by Gasteiger charge is -2.11. The number of nitrogens with zero attached hydrogens (tertiary/aromatic N) is 1. The van der Waals surface area contributed by atoms with Crippen LogP contribution in [0.3, 0.4) is 0 Å². The number of nitriles is 1. The topological polar surface area (TPSA) is 80.3 Å². The Hall–Kier alpha value is -1.45. The molecule has 0 spiro atoms. The lowest BCUT2D eigenvalue weighted by molar-refractivity contribution is 0.120. The standard InChI is InChI=1S/C11H15N3O2S/c1-15-10-9(13)8(5-12)17-11(10)14-6-7-3-2-4-16-7/h7,14H,2-4,6,13H2,1H3. The van der Waals surface area contributed by atoms with E-state index in [0.29, 0.717) is 16.3 Å². The Morgan fingerprint density at radius 2 is 2.53 bits per heavy atom. The van der Waals surface area contributed by atoms with Crippen LogP contribution >= 0.6 is 11.3 Å². The molecule has 0 amide bonds. The molecule has 0 aromatic carbocycles. The minimum Gasteiger partial charge on any atom is -0.492 e. The molecule has 5 nitrogen and oxygen atoms in total. The Morgan fingerprint density at radius 1 is 1.71 bits per heavy atom. The molecule has 3 N–H and O–H groups in total. The van der Waals surface area contributed by atoms with Gasteiger partial charge in [0.1, 0.15) is 21.6 Å². The summed E-state index contributed by atoms with van der Waals surface area (Å²) < 4.78 is 10.7. The fourth-order valence-electron chi connectivity index (χ4n) is 1.84. The maximum absolute atomic E-state index is 8.90. The molecule has 1 aromatic heterocycles. The first-order chi connectivity index (χ1) is 8.26. The Morgan fingerprint density at radius 3 is 3.12 bits per heavy atom. The Kier molecular flexibility index (Phi) is 3.71. The van der Waals surface area contributed by atoms with Crippen LogP contribution in [-0.4, -0.2) is 26.4 Å². The number of nitrogens with two attached hydrogens (primary N) is 1. The molecule has 0 radical (unpaired) electrons. The second kappa shape index (κ2) is 5.25. The summed E-state index contributed by atoms with van der Waals surface area (Å²) in [7, 11) is 1.55. The molecule has 1 aliphatic heterocycles. The van der Waals surface area contributed by atoms with Crippen LogP contribution in [0.5, 0.6) is 5.75 Å². The van der Waals surface area contributed by atoms with E-state index < -0.39 is 0 Å². The summed E-state index contributed by atoms with van der Waals surface area (Å²) in [6, 6.07) is 2.06. The van der Waals surface area contributed by atoms with Crippen molar-refractivity contribution in [2.24, 2.45) is 0 Å². The van der Waals surface area contributed by atoms with Crippen molar-refractivity contribution < 1.29 is 9.47 Å². The molecular weight excluding hydrogens is 238 g/mol. The van der Waals surface area contributed by atoms with Gasteiger partial charge in [-0.1, -0.05) is 0 Å². The van der Waals surface area contributed by atoms with E-state index >= 15 is 0 Å². The number of nitrogens with one attached hydrogen (secondary N) is 1. The van der Waals surface area contributed by atoms with Gasteiger partial charge in [-0.3, -0.25) is 0 Å². The van der Waals surface area contributed by atoms with Gasteiger partial charge in [0.05, 0.1) is 13.2 Å². The second-order valence-corrected chi connectivity index (χ2v) is 4.86. The summed E-state index contributed by atoms with van der Waals surface area (Å²) in [5, 5.41) is 12.9. The first-order valence-corrected chi connectivity index (χ1v) is 6.29. The lowest BCUT2D eigenvalue weighted by atomic mass is 10.2. The van der Waals surface area contributed by atoms with Crippen molar-refractivity contribution in [3.63, 3.8) is 0 Å². The summed E-state index contributed by atoms with van der Waals surface area (Å²) >= 11 is 1.32. The number of rotatable bonds is 4. The van der Waals surface area contributed by atoms with Gasteiger partial charge >= 0.3 is 0 Å². The molecule has 0 aliphatic carbocycles. The molecule has 0 bridgehead atoms. The third kappa shape index (κ3) is 2.46. The lowest BCUT2D eigenvalue weighted by Crippen LogP contribution is -2.18. The first-order valence-electron chi connectivity index (χ1n) is 5.48. The highest BCUT2D eigenvalue weighted by Gasteiger charge is 2.19. The quantitative estimate of drug-likeness (QED) is 0.855. The summed E-state index contributed by atoms with van der Waals surface area (Å²) in [6.45, 7) is 1.56. The SMILES string of the molecule is COc1c(NCC2CCCO2)sc(C#N)c1N. The Balaban J connectivity index is 2.06. The zero-order valence-corrected chi connectivity index (χ0v) is 10.5. The van der Waals surface area contributed by atoms with Crippen LogP contribution in [0.1, 0.15) is 17.7 Å². The van der Waals surface area contributed by atoms with Crippen LogP contribution in [0, 0.1) is 11.3 Å². The number of hydrogen-bond donors (Lipinski definition) is 2. The van der Waals surface area contributed by atoms with Crippen molar-refractivity contribution in [3.8, 4) is 11.8 Å². The van der Waals surface area contributed by atoms with Gasteiger partial charge in [0.25, 0.3) is 0 Å². The van der Waals surface area contributed by atoms with Crippen molar-refractivity contribution in [1.29, 1.82) is 5.26 Å². The number of anilines is 2. The molecule has 17 heavy (non-hydrogen) atoms. The molecule has 92 valence electrons. The molecular formula is C11H15N3O2S. The average Bonchev–Trinajstić information content (AvgIpc) is 2.94. The predicted octanol–water partition coefficient (Wildman–Crippen LogP) is 1.80. The third-order valence-corrected chi connectivity index (χ3v) is 3.77. The zero-order valence-electron chi connectivity index (χ0n) is 9.66. The van der Waals surface area contributed by atoms with Gasteiger partial charge in [0, 0.05) is 13.2 Å². The van der Waals surface area contributed by atoms with E-state index in [1.165, 1.54) is 11.3 Å². The van der Waals surface area contributed by atoms with Gasteiger partial charge in [-0.15, -0.1) is 11.3 Å². The predicted molar refractivity (Wildman–Crippen MR) is 67.5 cm³/mol. The summed E-state index contributed by atoms with van der Waals surface area (Å²) in [5.74, 6) is 0.560. The molecule has 2 rings (SSSR count). The van der Waals surface area contributed by atoms with Gasteiger partial charge in [-0.25, -0.2) is 0 Å². The fourth-order valence-corrected chi connectivity index (χ4v) is 2.74. The smallest absolute Gasteiger partial charge is 0.177 e. The molecule has 1 aliphatic rings. The van der Waals surface area contributed by atoms with E-state index in [-0.39, 0.29) is 6.10 Å². The van der Waals surface area contributed by atoms with Crippen LogP contribution in [0.15, 0.2) is 0 Å². The Bertz CT molecular complexity index is 433. The Labute approximate surface area is 104 Å². The van der Waals surface area contributed by atoms with Crippen LogP contribution in [0.4, 0.5) is 10.7 Å². The number of hydrogen-bond acceptors (Lipinski definition) is 6. The molecule has 1 fully saturated rings. The zero-order chi connectivity index (χ0) is 12.3. The molecule has 1 saturated heterocycles. The normalized spacial score (nSPS) is 18.9. The summed E-state index contributed by atoms with van der Waals surface area (Å²) in [4.78, 5) is 0.483. The molecule has 2 heterocycles. The highest BCUT2D eigenvalue weighted by molar-refractivity contribution is 7.17.